The van der Waals surface area contributed by atoms with Gasteiger partial charge in [0.05, 0.1) is 17.2 Å². The lowest BCUT2D eigenvalue weighted by molar-refractivity contribution is 0.0690. The van der Waals surface area contributed by atoms with Gasteiger partial charge in [0.15, 0.2) is 17.3 Å². The van der Waals surface area contributed by atoms with Gasteiger partial charge in [-0.25, -0.2) is 14.2 Å². The van der Waals surface area contributed by atoms with Crippen molar-refractivity contribution in [1.29, 1.82) is 0 Å². The Morgan fingerprint density at radius 1 is 1.43 bits per heavy atom. The molecule has 2 rings (SSSR count). The van der Waals surface area contributed by atoms with Crippen LogP contribution in [0.25, 0.3) is 0 Å². The summed E-state index contributed by atoms with van der Waals surface area (Å²) in [5.74, 6) is -2.21. The number of hydrogen-bond acceptors (Lipinski definition) is 5. The summed E-state index contributed by atoms with van der Waals surface area (Å²) < 4.78 is 18.9. The van der Waals surface area contributed by atoms with E-state index in [2.05, 4.69) is 10.3 Å². The van der Waals surface area contributed by atoms with E-state index in [0.29, 0.717) is 11.4 Å². The average molecular weight is 338 g/mol. The zero-order valence-corrected chi connectivity index (χ0v) is 13.2. The molecule has 0 aliphatic rings. The van der Waals surface area contributed by atoms with Crippen LogP contribution in [0.3, 0.4) is 0 Å². The van der Waals surface area contributed by atoms with Gasteiger partial charge in [-0.2, -0.15) is 0 Å². The third-order valence-corrected chi connectivity index (χ3v) is 3.80. The fraction of sp³-hybridized carbons (Fsp3) is 0.267. The van der Waals surface area contributed by atoms with Crippen LogP contribution >= 0.6 is 11.3 Å². The molecule has 1 amide bonds. The minimum atomic E-state index is -1.09. The number of nitrogens with one attached hydrogen (secondary N) is 1. The Kier molecular flexibility index (Phi) is 5.64. The van der Waals surface area contributed by atoms with Gasteiger partial charge in [-0.05, 0) is 19.1 Å². The minimum absolute atomic E-state index is 0.0138. The molecule has 0 saturated carbocycles. The number of carbonyl (C=O) groups excluding carboxylic acids is 1. The van der Waals surface area contributed by atoms with Crippen molar-refractivity contribution >= 4 is 23.2 Å². The Bertz CT molecular complexity index is 717. The Morgan fingerprint density at radius 2 is 2.22 bits per heavy atom. The molecule has 0 saturated heterocycles. The van der Waals surface area contributed by atoms with Gasteiger partial charge >= 0.3 is 5.97 Å². The first-order chi connectivity index (χ1) is 11.0. The molecule has 0 aliphatic carbocycles. The maximum absolute atomic E-state index is 13.7. The first-order valence-corrected chi connectivity index (χ1v) is 7.78. The number of nitrogens with zero attached hydrogens (tertiary/aromatic N) is 1. The van der Waals surface area contributed by atoms with E-state index in [0.717, 1.165) is 0 Å². The number of benzene rings is 1. The van der Waals surface area contributed by atoms with Gasteiger partial charge < -0.3 is 15.2 Å². The van der Waals surface area contributed by atoms with Crippen molar-refractivity contribution in [3.05, 3.63) is 45.7 Å². The van der Waals surface area contributed by atoms with Crippen LogP contribution in [0.1, 0.15) is 32.8 Å². The fourth-order valence-corrected chi connectivity index (χ4v) is 2.65. The Balaban J connectivity index is 1.97. The quantitative estimate of drug-likeness (QED) is 0.809. The van der Waals surface area contributed by atoms with E-state index in [-0.39, 0.29) is 30.2 Å². The maximum Gasteiger partial charge on any atom is 0.355 e. The van der Waals surface area contributed by atoms with Gasteiger partial charge in [0, 0.05) is 18.3 Å². The summed E-state index contributed by atoms with van der Waals surface area (Å²) in [7, 11) is 0. The predicted molar refractivity (Wildman–Crippen MR) is 82.7 cm³/mol. The van der Waals surface area contributed by atoms with Gasteiger partial charge in [-0.15, -0.1) is 11.3 Å². The second-order valence-electron chi connectivity index (χ2n) is 4.49. The lowest BCUT2D eigenvalue weighted by atomic mass is 10.1. The zero-order chi connectivity index (χ0) is 16.8. The molecule has 2 aromatic rings. The Hall–Kier alpha value is -2.48. The molecule has 0 bridgehead atoms. The average Bonchev–Trinajstić information content (AvgIpc) is 2.98. The van der Waals surface area contributed by atoms with Crippen LogP contribution in [0, 0.1) is 5.82 Å². The maximum atomic E-state index is 13.7. The number of carboxylic acid groups (broad SMARTS) is 1. The highest BCUT2D eigenvalue weighted by molar-refractivity contribution is 7.09. The Morgan fingerprint density at radius 3 is 2.87 bits per heavy atom. The molecule has 1 heterocycles. The number of carboxylic acids is 1. The van der Waals surface area contributed by atoms with E-state index in [1.54, 1.807) is 6.92 Å². The van der Waals surface area contributed by atoms with E-state index < -0.39 is 17.7 Å². The van der Waals surface area contributed by atoms with E-state index >= 15 is 0 Å². The number of carbonyl (C=O) groups is 2. The van der Waals surface area contributed by atoms with E-state index in [4.69, 9.17) is 9.84 Å². The lowest BCUT2D eigenvalue weighted by Crippen LogP contribution is -2.26. The van der Waals surface area contributed by atoms with Crippen LogP contribution in [0.15, 0.2) is 23.6 Å². The Labute approximate surface area is 135 Å². The van der Waals surface area contributed by atoms with E-state index in [9.17, 15) is 14.0 Å². The van der Waals surface area contributed by atoms with Crippen LogP contribution in [-0.4, -0.2) is 35.1 Å². The van der Waals surface area contributed by atoms with Gasteiger partial charge in [0.1, 0.15) is 0 Å². The molecule has 0 atom stereocenters. The molecule has 1 aromatic heterocycles. The molecule has 0 spiro atoms. The second kappa shape index (κ2) is 7.68. The summed E-state index contributed by atoms with van der Waals surface area (Å²) in [4.78, 5) is 26.8. The summed E-state index contributed by atoms with van der Waals surface area (Å²) in [5, 5.41) is 13.5. The molecule has 6 nitrogen and oxygen atoms in total. The van der Waals surface area contributed by atoms with Gasteiger partial charge in [-0.3, -0.25) is 4.79 Å². The van der Waals surface area contributed by atoms with Crippen LogP contribution in [-0.2, 0) is 6.42 Å². The molecule has 122 valence electrons. The first-order valence-electron chi connectivity index (χ1n) is 6.90. The highest BCUT2D eigenvalue weighted by Gasteiger charge is 2.16. The van der Waals surface area contributed by atoms with Crippen LogP contribution in [0.5, 0.6) is 5.75 Å². The van der Waals surface area contributed by atoms with Crippen LogP contribution in [0.4, 0.5) is 4.39 Å². The van der Waals surface area contributed by atoms with Crippen molar-refractivity contribution in [2.24, 2.45) is 0 Å². The van der Waals surface area contributed by atoms with Crippen molar-refractivity contribution < 1.29 is 23.8 Å². The van der Waals surface area contributed by atoms with Crippen molar-refractivity contribution in [2.45, 2.75) is 13.3 Å². The summed E-state index contributed by atoms with van der Waals surface area (Å²) in [6.45, 7) is 2.21. The number of ether oxygens (including phenoxy) is 1. The SMILES string of the molecule is CCOc1c(F)cccc1C(=O)NCCc1nc(C(=O)O)cs1. The summed E-state index contributed by atoms with van der Waals surface area (Å²) >= 11 is 1.21. The molecule has 0 radical (unpaired) electrons. The van der Waals surface area contributed by atoms with E-state index in [1.165, 1.54) is 34.9 Å². The smallest absolute Gasteiger partial charge is 0.355 e. The monoisotopic (exact) mass is 338 g/mol. The molecule has 0 aliphatic heterocycles. The fourth-order valence-electron chi connectivity index (χ4n) is 1.88. The zero-order valence-electron chi connectivity index (χ0n) is 12.3. The molecule has 23 heavy (non-hydrogen) atoms. The van der Waals surface area contributed by atoms with Crippen molar-refractivity contribution in [3.63, 3.8) is 0 Å². The number of halogens is 1. The molecule has 0 fully saturated rings. The summed E-state index contributed by atoms with van der Waals surface area (Å²) in [6.07, 6.45) is 0.392. The number of hydrogen-bond donors (Lipinski definition) is 2. The highest BCUT2D eigenvalue weighted by Crippen LogP contribution is 2.22. The van der Waals surface area contributed by atoms with Gasteiger partial charge in [0.25, 0.3) is 5.91 Å². The third-order valence-electron chi connectivity index (χ3n) is 2.90. The molecule has 0 unspecified atom stereocenters. The van der Waals surface area contributed by atoms with Crippen LogP contribution in [0.2, 0.25) is 0 Å². The number of para-hydroxylation sites is 1. The number of aromatic nitrogens is 1. The highest BCUT2D eigenvalue weighted by atomic mass is 32.1. The van der Waals surface area contributed by atoms with Crippen molar-refractivity contribution in [3.8, 4) is 5.75 Å². The largest absolute Gasteiger partial charge is 0.490 e. The topological polar surface area (TPSA) is 88.5 Å². The summed E-state index contributed by atoms with van der Waals surface area (Å²) in [5.41, 5.74) is 0.109. The standard InChI is InChI=1S/C15H15FN2O4S/c1-2-22-13-9(4-3-5-10(13)16)14(19)17-7-6-12-18-11(8-23-12)15(20)21/h3-5,8H,2,6-7H2,1H3,(H,17,19)(H,20,21). The van der Waals surface area contributed by atoms with Gasteiger partial charge in [0.2, 0.25) is 0 Å². The molecule has 2 N–H and O–H groups in total. The number of thiazole rings is 1. The number of amides is 1. The van der Waals surface area contributed by atoms with Crippen molar-refractivity contribution in [2.75, 3.05) is 13.2 Å². The normalized spacial score (nSPS) is 10.3. The molecule has 1 aromatic carbocycles. The second-order valence-corrected chi connectivity index (χ2v) is 5.43. The van der Waals surface area contributed by atoms with Gasteiger partial charge in [-0.1, -0.05) is 6.07 Å². The number of rotatable bonds is 7. The third kappa shape index (κ3) is 4.26. The predicted octanol–water partition coefficient (Wildman–Crippen LogP) is 2.35. The molecule has 8 heteroatoms. The minimum Gasteiger partial charge on any atom is -0.490 e. The molecular formula is C15H15FN2O4S. The number of aromatic carboxylic acids is 1. The molecular weight excluding hydrogens is 323 g/mol. The van der Waals surface area contributed by atoms with Crippen LogP contribution < -0.4 is 10.1 Å². The summed E-state index contributed by atoms with van der Waals surface area (Å²) in [6, 6.07) is 4.15. The first kappa shape index (κ1) is 16.9. The van der Waals surface area contributed by atoms with Crippen molar-refractivity contribution in [1.82, 2.24) is 10.3 Å². The lowest BCUT2D eigenvalue weighted by Gasteiger charge is -2.11. The van der Waals surface area contributed by atoms with E-state index in [1.807, 2.05) is 0 Å².